The van der Waals surface area contributed by atoms with Gasteiger partial charge in [0.05, 0.1) is 17.1 Å². The molecule has 1 aromatic heterocycles. The zero-order chi connectivity index (χ0) is 16.1. The highest BCUT2D eigenvalue weighted by molar-refractivity contribution is 7.98. The summed E-state index contributed by atoms with van der Waals surface area (Å²) >= 11 is 6.90. The van der Waals surface area contributed by atoms with Gasteiger partial charge in [-0.15, -0.1) is 0 Å². The highest BCUT2D eigenvalue weighted by atomic mass is 35.5. The molecule has 1 aromatic carbocycles. The Bertz CT molecular complexity index is 710. The van der Waals surface area contributed by atoms with E-state index in [1.165, 1.54) is 36.3 Å². The van der Waals surface area contributed by atoms with E-state index in [-0.39, 0.29) is 22.7 Å². The summed E-state index contributed by atoms with van der Waals surface area (Å²) in [5, 5.41) is 2.92. The molecule has 0 aliphatic carbocycles. The first-order chi connectivity index (χ1) is 10.5. The molecule has 2 rings (SSSR count). The van der Waals surface area contributed by atoms with Gasteiger partial charge in [0.1, 0.15) is 5.82 Å². The molecule has 1 N–H and O–H groups in total. The molecule has 0 saturated heterocycles. The van der Waals surface area contributed by atoms with E-state index in [9.17, 15) is 14.0 Å². The topological polar surface area (TPSA) is 72.0 Å². The van der Waals surface area contributed by atoms with Gasteiger partial charge < -0.3 is 5.32 Å². The number of nitrogens with zero attached hydrogens (tertiary/aromatic N) is 2. The zero-order valence-electron chi connectivity index (χ0n) is 11.5. The van der Waals surface area contributed by atoms with Crippen LogP contribution in [0.1, 0.15) is 20.7 Å². The fourth-order valence-electron chi connectivity index (χ4n) is 1.57. The second kappa shape index (κ2) is 7.33. The Labute approximate surface area is 135 Å². The standard InChI is InChI=1S/C14H11ClFN3O2S/c1-22-14-18-5-9(6-19-14)13(21)17-7-12(20)8-2-3-10(15)11(16)4-8/h2-6H,7H2,1H3,(H,17,21). The first-order valence-electron chi connectivity index (χ1n) is 6.13. The molecule has 5 nitrogen and oxygen atoms in total. The lowest BCUT2D eigenvalue weighted by atomic mass is 10.1. The lowest BCUT2D eigenvalue weighted by Crippen LogP contribution is -2.29. The Hall–Kier alpha value is -1.99. The molecule has 1 heterocycles. The second-order valence-electron chi connectivity index (χ2n) is 4.19. The van der Waals surface area contributed by atoms with Crippen LogP contribution in [-0.2, 0) is 0 Å². The highest BCUT2D eigenvalue weighted by Gasteiger charge is 2.12. The van der Waals surface area contributed by atoms with Gasteiger partial charge in [0.25, 0.3) is 5.91 Å². The number of thioether (sulfide) groups is 1. The maximum Gasteiger partial charge on any atom is 0.254 e. The monoisotopic (exact) mass is 339 g/mol. The minimum atomic E-state index is -0.681. The van der Waals surface area contributed by atoms with Crippen LogP contribution in [0.15, 0.2) is 35.7 Å². The van der Waals surface area contributed by atoms with Gasteiger partial charge in [-0.1, -0.05) is 23.4 Å². The summed E-state index contributed by atoms with van der Waals surface area (Å²) < 4.78 is 13.3. The van der Waals surface area contributed by atoms with Crippen LogP contribution in [0.4, 0.5) is 4.39 Å². The van der Waals surface area contributed by atoms with E-state index in [1.54, 1.807) is 0 Å². The molecule has 0 radical (unpaired) electrons. The zero-order valence-corrected chi connectivity index (χ0v) is 13.0. The van der Waals surface area contributed by atoms with Crippen molar-refractivity contribution in [2.24, 2.45) is 0 Å². The second-order valence-corrected chi connectivity index (χ2v) is 5.37. The fraction of sp³-hybridized carbons (Fsp3) is 0.143. The third kappa shape index (κ3) is 4.02. The third-order valence-electron chi connectivity index (χ3n) is 2.72. The van der Waals surface area contributed by atoms with Gasteiger partial charge in [-0.2, -0.15) is 0 Å². The molecule has 22 heavy (non-hydrogen) atoms. The van der Waals surface area contributed by atoms with E-state index in [4.69, 9.17) is 11.6 Å². The summed E-state index contributed by atoms with van der Waals surface area (Å²) in [6.07, 6.45) is 4.57. The number of hydrogen-bond acceptors (Lipinski definition) is 5. The van der Waals surface area contributed by atoms with Crippen molar-refractivity contribution in [2.45, 2.75) is 5.16 Å². The normalized spacial score (nSPS) is 10.3. The number of carbonyl (C=O) groups is 2. The predicted molar refractivity (Wildman–Crippen MR) is 81.9 cm³/mol. The Morgan fingerprint density at radius 1 is 1.27 bits per heavy atom. The van der Waals surface area contributed by atoms with Crippen molar-refractivity contribution in [1.82, 2.24) is 15.3 Å². The maximum atomic E-state index is 13.3. The van der Waals surface area contributed by atoms with Crippen molar-refractivity contribution in [3.8, 4) is 0 Å². The van der Waals surface area contributed by atoms with Gasteiger partial charge in [0, 0.05) is 18.0 Å². The summed E-state index contributed by atoms with van der Waals surface area (Å²) in [7, 11) is 0. The van der Waals surface area contributed by atoms with Crippen LogP contribution in [0.5, 0.6) is 0 Å². The number of rotatable bonds is 5. The first kappa shape index (κ1) is 16.4. The molecule has 0 atom stereocenters. The molecular weight excluding hydrogens is 329 g/mol. The first-order valence-corrected chi connectivity index (χ1v) is 7.74. The van der Waals surface area contributed by atoms with E-state index in [2.05, 4.69) is 15.3 Å². The summed E-state index contributed by atoms with van der Waals surface area (Å²) in [6, 6.07) is 3.73. The van der Waals surface area contributed by atoms with Gasteiger partial charge in [-0.3, -0.25) is 9.59 Å². The molecule has 0 saturated carbocycles. The minimum Gasteiger partial charge on any atom is -0.344 e. The quantitative estimate of drug-likeness (QED) is 0.515. The van der Waals surface area contributed by atoms with Crippen molar-refractivity contribution in [1.29, 1.82) is 0 Å². The molecule has 2 aromatic rings. The van der Waals surface area contributed by atoms with E-state index >= 15 is 0 Å². The third-order valence-corrected chi connectivity index (χ3v) is 3.61. The molecule has 0 aliphatic heterocycles. The van der Waals surface area contributed by atoms with Crippen LogP contribution in [0.25, 0.3) is 0 Å². The number of hydrogen-bond donors (Lipinski definition) is 1. The highest BCUT2D eigenvalue weighted by Crippen LogP contribution is 2.15. The van der Waals surface area contributed by atoms with Crippen molar-refractivity contribution < 1.29 is 14.0 Å². The maximum absolute atomic E-state index is 13.3. The number of Topliss-reactive ketones (excluding diaryl/α,β-unsaturated/α-hetero) is 1. The number of halogens is 2. The van der Waals surface area contributed by atoms with Crippen LogP contribution in [0, 0.1) is 5.82 Å². The number of carbonyl (C=O) groups excluding carboxylic acids is 2. The molecule has 0 spiro atoms. The van der Waals surface area contributed by atoms with Crippen molar-refractivity contribution in [3.63, 3.8) is 0 Å². The van der Waals surface area contributed by atoms with Gasteiger partial charge in [0.2, 0.25) is 0 Å². The summed E-state index contributed by atoms with van der Waals surface area (Å²) in [5.74, 6) is -1.58. The number of benzene rings is 1. The largest absolute Gasteiger partial charge is 0.344 e. The number of nitrogens with one attached hydrogen (secondary N) is 1. The molecule has 0 fully saturated rings. The number of ketones is 1. The van der Waals surface area contributed by atoms with E-state index in [0.717, 1.165) is 6.07 Å². The van der Waals surface area contributed by atoms with Crippen molar-refractivity contribution in [2.75, 3.05) is 12.8 Å². The summed E-state index contributed by atoms with van der Waals surface area (Å²) in [5.41, 5.74) is 0.379. The van der Waals surface area contributed by atoms with Crippen molar-refractivity contribution >= 4 is 35.1 Å². The molecule has 1 amide bonds. The molecule has 0 bridgehead atoms. The van der Waals surface area contributed by atoms with Crippen LogP contribution in [0.2, 0.25) is 5.02 Å². The lowest BCUT2D eigenvalue weighted by molar-refractivity contribution is 0.0903. The Morgan fingerprint density at radius 3 is 2.55 bits per heavy atom. The van der Waals surface area contributed by atoms with Crippen LogP contribution < -0.4 is 5.32 Å². The van der Waals surface area contributed by atoms with E-state index in [0.29, 0.717) is 5.16 Å². The van der Waals surface area contributed by atoms with Gasteiger partial charge in [0.15, 0.2) is 10.9 Å². The molecular formula is C14H11ClFN3O2S. The molecule has 0 aliphatic rings. The van der Waals surface area contributed by atoms with E-state index < -0.39 is 17.5 Å². The Kier molecular flexibility index (Phi) is 5.46. The average molecular weight is 340 g/mol. The van der Waals surface area contributed by atoms with Crippen LogP contribution in [0.3, 0.4) is 0 Å². The van der Waals surface area contributed by atoms with Gasteiger partial charge >= 0.3 is 0 Å². The summed E-state index contributed by atoms with van der Waals surface area (Å²) in [6.45, 7) is -0.260. The smallest absolute Gasteiger partial charge is 0.254 e. The van der Waals surface area contributed by atoms with Crippen LogP contribution >= 0.6 is 23.4 Å². The minimum absolute atomic E-state index is 0.0633. The van der Waals surface area contributed by atoms with E-state index in [1.807, 2.05) is 6.26 Å². The van der Waals surface area contributed by atoms with Crippen LogP contribution in [-0.4, -0.2) is 34.5 Å². The number of amides is 1. The van der Waals surface area contributed by atoms with Gasteiger partial charge in [-0.05, 0) is 24.5 Å². The lowest BCUT2D eigenvalue weighted by Gasteiger charge is -2.05. The molecule has 8 heteroatoms. The summed E-state index contributed by atoms with van der Waals surface area (Å²) in [4.78, 5) is 31.7. The average Bonchev–Trinajstić information content (AvgIpc) is 2.54. The molecule has 0 unspecified atom stereocenters. The van der Waals surface area contributed by atoms with Crippen molar-refractivity contribution in [3.05, 3.63) is 52.6 Å². The Morgan fingerprint density at radius 2 is 1.95 bits per heavy atom. The molecule has 114 valence electrons. The number of aromatic nitrogens is 2. The predicted octanol–water partition coefficient (Wildman–Crippen LogP) is 2.60. The van der Waals surface area contributed by atoms with Gasteiger partial charge in [-0.25, -0.2) is 14.4 Å². The SMILES string of the molecule is CSc1ncc(C(=O)NCC(=O)c2ccc(Cl)c(F)c2)cn1. The fourth-order valence-corrected chi connectivity index (χ4v) is 2.01. The Balaban J connectivity index is 1.97.